The quantitative estimate of drug-likeness (QED) is 0.331. The van der Waals surface area contributed by atoms with Crippen LogP contribution in [0.15, 0.2) is 0 Å². The van der Waals surface area contributed by atoms with Crippen LogP contribution < -0.4 is 0 Å². The van der Waals surface area contributed by atoms with Crippen molar-refractivity contribution in [3.8, 4) is 0 Å². The van der Waals surface area contributed by atoms with Crippen molar-refractivity contribution < 1.29 is 19.7 Å². The molecule has 0 bridgehead atoms. The molecule has 2 rings (SSSR count). The standard InChI is InChI=1S/C12H16Cl6O4/c13-8(2-6-4-22-6)10(15)9(14)7(1-5-3-21-5)11(16,17)12(18,19)20/h5-10,19-20H,1-4H2. The Balaban J connectivity index is 2.08. The second-order valence-electron chi connectivity index (χ2n) is 5.60. The van der Waals surface area contributed by atoms with E-state index in [-0.39, 0.29) is 18.6 Å². The Morgan fingerprint density at radius 1 is 0.909 bits per heavy atom. The highest BCUT2D eigenvalue weighted by atomic mass is 35.5. The Labute approximate surface area is 158 Å². The summed E-state index contributed by atoms with van der Waals surface area (Å²) >= 11 is 36.6. The van der Waals surface area contributed by atoms with E-state index in [2.05, 4.69) is 0 Å². The van der Waals surface area contributed by atoms with Crippen LogP contribution in [0.25, 0.3) is 0 Å². The third-order valence-corrected chi connectivity index (χ3v) is 7.17. The minimum Gasteiger partial charge on any atom is -0.373 e. The van der Waals surface area contributed by atoms with E-state index in [0.717, 1.165) is 0 Å². The van der Waals surface area contributed by atoms with Gasteiger partial charge in [0.25, 0.3) is 5.25 Å². The van der Waals surface area contributed by atoms with E-state index in [0.29, 0.717) is 19.6 Å². The number of epoxide rings is 2. The maximum Gasteiger partial charge on any atom is 0.278 e. The van der Waals surface area contributed by atoms with Gasteiger partial charge in [-0.1, -0.05) is 34.8 Å². The summed E-state index contributed by atoms with van der Waals surface area (Å²) in [6.45, 7) is 1.16. The molecule has 22 heavy (non-hydrogen) atoms. The van der Waals surface area contributed by atoms with Gasteiger partial charge in [0, 0.05) is 5.92 Å². The van der Waals surface area contributed by atoms with E-state index in [1.807, 2.05) is 0 Å². The lowest BCUT2D eigenvalue weighted by Gasteiger charge is -2.39. The summed E-state index contributed by atoms with van der Waals surface area (Å²) < 4.78 is 8.09. The fourth-order valence-corrected chi connectivity index (χ4v) is 4.10. The van der Waals surface area contributed by atoms with E-state index >= 15 is 0 Å². The maximum atomic E-state index is 9.64. The fraction of sp³-hybridized carbons (Fsp3) is 1.00. The Morgan fingerprint density at radius 3 is 1.77 bits per heavy atom. The number of rotatable bonds is 9. The van der Waals surface area contributed by atoms with Gasteiger partial charge in [-0.05, 0) is 12.8 Å². The summed E-state index contributed by atoms with van der Waals surface area (Å²) in [5.41, 5.74) is 0. The third kappa shape index (κ3) is 5.04. The molecule has 2 fully saturated rings. The first-order chi connectivity index (χ1) is 10.0. The van der Waals surface area contributed by atoms with Gasteiger partial charge in [0.1, 0.15) is 0 Å². The molecule has 6 unspecified atom stereocenters. The van der Waals surface area contributed by atoms with Gasteiger partial charge in [0.2, 0.25) is 0 Å². The second-order valence-corrected chi connectivity index (χ2v) is 9.08. The molecule has 0 aromatic rings. The summed E-state index contributed by atoms with van der Waals surface area (Å²) in [7, 11) is 0. The summed E-state index contributed by atoms with van der Waals surface area (Å²) in [5.74, 6) is -0.846. The predicted octanol–water partition coefficient (Wildman–Crippen LogP) is 3.05. The van der Waals surface area contributed by atoms with Crippen LogP contribution in [0.1, 0.15) is 12.8 Å². The summed E-state index contributed by atoms with van der Waals surface area (Å²) in [6, 6.07) is 0. The van der Waals surface area contributed by atoms with Crippen molar-refractivity contribution in [1.29, 1.82) is 0 Å². The Bertz CT molecular complexity index is 382. The molecule has 0 amide bonds. The highest BCUT2D eigenvalue weighted by Crippen LogP contribution is 2.49. The smallest absolute Gasteiger partial charge is 0.278 e. The Morgan fingerprint density at radius 2 is 1.36 bits per heavy atom. The Hall–Kier alpha value is 1.58. The molecular formula is C12H16Cl6O4. The largest absolute Gasteiger partial charge is 0.373 e. The molecule has 2 heterocycles. The van der Waals surface area contributed by atoms with Gasteiger partial charge in [-0.15, -0.1) is 34.8 Å². The van der Waals surface area contributed by atoms with Crippen LogP contribution in [0.2, 0.25) is 0 Å². The zero-order chi connectivity index (χ0) is 16.7. The molecule has 0 aromatic carbocycles. The van der Waals surface area contributed by atoms with E-state index < -0.39 is 31.6 Å². The predicted molar refractivity (Wildman–Crippen MR) is 88.6 cm³/mol. The first kappa shape index (κ1) is 19.9. The monoisotopic (exact) mass is 434 g/mol. The van der Waals surface area contributed by atoms with E-state index in [4.69, 9.17) is 79.1 Å². The van der Waals surface area contributed by atoms with Gasteiger partial charge >= 0.3 is 0 Å². The maximum absolute atomic E-state index is 9.64. The molecule has 6 atom stereocenters. The average molecular weight is 437 g/mol. The van der Waals surface area contributed by atoms with Crippen molar-refractivity contribution in [2.75, 3.05) is 13.2 Å². The molecule has 10 heteroatoms. The molecule has 2 saturated heterocycles. The number of alkyl halides is 6. The number of hydrogen-bond donors (Lipinski definition) is 2. The van der Waals surface area contributed by atoms with Crippen molar-refractivity contribution in [2.24, 2.45) is 5.92 Å². The molecule has 4 nitrogen and oxygen atoms in total. The first-order valence-electron chi connectivity index (χ1n) is 6.71. The number of hydrogen-bond acceptors (Lipinski definition) is 4. The van der Waals surface area contributed by atoms with E-state index in [1.54, 1.807) is 0 Å². The summed E-state index contributed by atoms with van der Waals surface area (Å²) in [5, 5.41) is 14.4. The molecule has 0 aliphatic carbocycles. The molecular weight excluding hydrogens is 421 g/mol. The molecule has 0 saturated carbocycles. The highest BCUT2D eigenvalue weighted by molar-refractivity contribution is 6.53. The average Bonchev–Trinajstić information content (AvgIpc) is 3.27. The van der Waals surface area contributed by atoms with Crippen LogP contribution in [-0.2, 0) is 9.47 Å². The number of halogens is 6. The van der Waals surface area contributed by atoms with Gasteiger partial charge in [0.05, 0.1) is 41.6 Å². The fourth-order valence-electron chi connectivity index (χ4n) is 2.21. The summed E-state index contributed by atoms with van der Waals surface area (Å²) in [4.78, 5) is 0. The van der Waals surface area contributed by atoms with Crippen LogP contribution in [-0.4, -0.2) is 61.3 Å². The van der Waals surface area contributed by atoms with Crippen molar-refractivity contribution in [3.63, 3.8) is 0 Å². The normalized spacial score (nSPS) is 30.5. The number of ether oxygens (including phenoxy) is 2. The lowest BCUT2D eigenvalue weighted by molar-refractivity contribution is -0.108. The van der Waals surface area contributed by atoms with Crippen LogP contribution in [0.4, 0.5) is 0 Å². The number of aliphatic hydroxyl groups is 2. The first-order valence-corrected chi connectivity index (χ1v) is 9.15. The molecule has 2 aliphatic heterocycles. The van der Waals surface area contributed by atoms with Gasteiger partial charge in [-0.25, -0.2) is 0 Å². The van der Waals surface area contributed by atoms with Crippen molar-refractivity contribution in [3.05, 3.63) is 0 Å². The van der Waals surface area contributed by atoms with Gasteiger partial charge in [0.15, 0.2) is 4.33 Å². The van der Waals surface area contributed by atoms with Crippen molar-refractivity contribution in [1.82, 2.24) is 0 Å². The minimum atomic E-state index is -2.87. The second kappa shape index (κ2) is 7.45. The zero-order valence-corrected chi connectivity index (χ0v) is 15.8. The molecule has 130 valence electrons. The van der Waals surface area contributed by atoms with E-state index in [1.165, 1.54) is 0 Å². The van der Waals surface area contributed by atoms with Gasteiger partial charge in [-0.2, -0.15) is 0 Å². The SMILES string of the molecule is OC(O)(Cl)C(Cl)(Cl)C(CC1CO1)C(Cl)C(Cl)C(Cl)CC1CO1. The topological polar surface area (TPSA) is 65.5 Å². The van der Waals surface area contributed by atoms with Gasteiger partial charge < -0.3 is 19.7 Å². The van der Waals surface area contributed by atoms with Crippen molar-refractivity contribution in [2.45, 2.75) is 50.8 Å². The molecule has 2 aliphatic rings. The van der Waals surface area contributed by atoms with Crippen LogP contribution >= 0.6 is 69.6 Å². The third-order valence-electron chi connectivity index (χ3n) is 3.73. The Kier molecular flexibility index (Phi) is 6.73. The van der Waals surface area contributed by atoms with E-state index in [9.17, 15) is 10.2 Å². The molecule has 0 spiro atoms. The van der Waals surface area contributed by atoms with Gasteiger partial charge in [-0.3, -0.25) is 0 Å². The lowest BCUT2D eigenvalue weighted by atomic mass is 9.90. The van der Waals surface area contributed by atoms with Crippen LogP contribution in [0, 0.1) is 5.92 Å². The minimum absolute atomic E-state index is 0.0809. The summed E-state index contributed by atoms with van der Waals surface area (Å²) in [6.07, 6.45) is 0.778. The molecule has 0 radical (unpaired) electrons. The highest BCUT2D eigenvalue weighted by Gasteiger charge is 2.56. The zero-order valence-electron chi connectivity index (χ0n) is 11.3. The molecule has 0 aromatic heterocycles. The van der Waals surface area contributed by atoms with Crippen molar-refractivity contribution >= 4 is 69.6 Å². The molecule has 2 N–H and O–H groups in total. The lowest BCUT2D eigenvalue weighted by Crippen LogP contribution is -2.52. The van der Waals surface area contributed by atoms with Crippen LogP contribution in [0.5, 0.6) is 0 Å². The van der Waals surface area contributed by atoms with Crippen LogP contribution in [0.3, 0.4) is 0 Å².